The van der Waals surface area contributed by atoms with Crippen LogP contribution in [0.5, 0.6) is 0 Å². The molecule has 0 saturated carbocycles. The van der Waals surface area contributed by atoms with Crippen LogP contribution in [0, 0.1) is 0 Å². The summed E-state index contributed by atoms with van der Waals surface area (Å²) in [5.74, 6) is 0.0752. The lowest BCUT2D eigenvalue weighted by atomic mass is 10.0. The average Bonchev–Trinajstić information content (AvgIpc) is 2.41. The van der Waals surface area contributed by atoms with E-state index in [4.69, 9.17) is 9.90 Å². The van der Waals surface area contributed by atoms with E-state index in [1.807, 2.05) is 60.7 Å². The van der Waals surface area contributed by atoms with Crippen LogP contribution in [0.15, 0.2) is 60.7 Å². The molecule has 0 aliphatic heterocycles. The standard InChI is InChI=1S/C13H10O.CH2O2/c14-13(11-7-3-1-4-8-11)12-9-5-2-6-10-12;2-1-3/h1-10H;1H,(H,2,3). The molecule has 3 heteroatoms. The van der Waals surface area contributed by atoms with Gasteiger partial charge in [-0.2, -0.15) is 0 Å². The van der Waals surface area contributed by atoms with Crippen molar-refractivity contribution in [2.24, 2.45) is 0 Å². The molecule has 0 radical (unpaired) electrons. The molecule has 0 atom stereocenters. The van der Waals surface area contributed by atoms with Crippen molar-refractivity contribution < 1.29 is 14.7 Å². The quantitative estimate of drug-likeness (QED) is 0.635. The summed E-state index contributed by atoms with van der Waals surface area (Å²) in [5, 5.41) is 6.89. The normalized spacial score (nSPS) is 8.71. The van der Waals surface area contributed by atoms with Gasteiger partial charge in [-0.3, -0.25) is 9.59 Å². The van der Waals surface area contributed by atoms with E-state index in [1.54, 1.807) is 0 Å². The summed E-state index contributed by atoms with van der Waals surface area (Å²) in [7, 11) is 0. The molecule has 86 valence electrons. The van der Waals surface area contributed by atoms with Gasteiger partial charge in [0.1, 0.15) is 0 Å². The van der Waals surface area contributed by atoms with E-state index >= 15 is 0 Å². The number of carbonyl (C=O) groups excluding carboxylic acids is 1. The molecule has 0 spiro atoms. The lowest BCUT2D eigenvalue weighted by molar-refractivity contribution is -0.122. The molecule has 3 nitrogen and oxygen atoms in total. The van der Waals surface area contributed by atoms with Gasteiger partial charge in [-0.05, 0) is 0 Å². The Hall–Kier alpha value is -2.42. The van der Waals surface area contributed by atoms with Gasteiger partial charge in [0, 0.05) is 11.1 Å². The Morgan fingerprint density at radius 1 is 0.824 bits per heavy atom. The van der Waals surface area contributed by atoms with Gasteiger partial charge in [0.25, 0.3) is 6.47 Å². The highest BCUT2D eigenvalue weighted by atomic mass is 16.3. The Morgan fingerprint density at radius 3 is 1.41 bits per heavy atom. The first-order chi connectivity index (χ1) is 8.29. The van der Waals surface area contributed by atoms with Crippen LogP contribution in [0.4, 0.5) is 0 Å². The van der Waals surface area contributed by atoms with Crippen LogP contribution in [0.1, 0.15) is 15.9 Å². The maximum Gasteiger partial charge on any atom is 0.290 e. The van der Waals surface area contributed by atoms with E-state index in [0.717, 1.165) is 11.1 Å². The molecule has 2 rings (SSSR count). The van der Waals surface area contributed by atoms with Crippen molar-refractivity contribution in [2.45, 2.75) is 0 Å². The Morgan fingerprint density at radius 2 is 1.12 bits per heavy atom. The lowest BCUT2D eigenvalue weighted by Gasteiger charge is -1.99. The fourth-order valence-corrected chi connectivity index (χ4v) is 1.35. The molecule has 0 aliphatic carbocycles. The molecule has 2 aromatic rings. The number of benzene rings is 2. The molecule has 0 bridgehead atoms. The Labute approximate surface area is 99.3 Å². The van der Waals surface area contributed by atoms with Gasteiger partial charge in [0.15, 0.2) is 5.78 Å². The molecule has 0 aromatic heterocycles. The maximum atomic E-state index is 11.8. The highest BCUT2D eigenvalue weighted by Crippen LogP contribution is 2.08. The zero-order valence-corrected chi connectivity index (χ0v) is 9.11. The van der Waals surface area contributed by atoms with Crippen molar-refractivity contribution in [2.75, 3.05) is 0 Å². The van der Waals surface area contributed by atoms with Crippen LogP contribution in [0.3, 0.4) is 0 Å². The third-order valence-electron chi connectivity index (χ3n) is 2.07. The summed E-state index contributed by atoms with van der Waals surface area (Å²) < 4.78 is 0. The van der Waals surface area contributed by atoms with Gasteiger partial charge in [0.2, 0.25) is 0 Å². The van der Waals surface area contributed by atoms with Crippen molar-refractivity contribution in [1.82, 2.24) is 0 Å². The molecule has 0 saturated heterocycles. The van der Waals surface area contributed by atoms with E-state index in [0.29, 0.717) is 0 Å². The second kappa shape index (κ2) is 6.95. The summed E-state index contributed by atoms with van der Waals surface area (Å²) in [6.07, 6.45) is 0. The number of hydrogen-bond acceptors (Lipinski definition) is 2. The number of carbonyl (C=O) groups is 2. The monoisotopic (exact) mass is 228 g/mol. The molecule has 0 aliphatic rings. The van der Waals surface area contributed by atoms with Crippen LogP contribution in [0.25, 0.3) is 0 Å². The van der Waals surface area contributed by atoms with Gasteiger partial charge < -0.3 is 5.11 Å². The largest absolute Gasteiger partial charge is 0.483 e. The van der Waals surface area contributed by atoms with E-state index in [2.05, 4.69) is 0 Å². The van der Waals surface area contributed by atoms with Crippen LogP contribution in [0.2, 0.25) is 0 Å². The van der Waals surface area contributed by atoms with Gasteiger partial charge >= 0.3 is 0 Å². The Bertz CT molecular complexity index is 422. The zero-order valence-electron chi connectivity index (χ0n) is 9.11. The van der Waals surface area contributed by atoms with Gasteiger partial charge in [-0.25, -0.2) is 0 Å². The molecule has 0 heterocycles. The molecule has 0 unspecified atom stereocenters. The minimum Gasteiger partial charge on any atom is -0.483 e. The first-order valence-electron chi connectivity index (χ1n) is 5.02. The van der Waals surface area contributed by atoms with Crippen LogP contribution >= 0.6 is 0 Å². The summed E-state index contributed by atoms with van der Waals surface area (Å²) in [6, 6.07) is 18.6. The van der Waals surface area contributed by atoms with E-state index < -0.39 is 0 Å². The highest BCUT2D eigenvalue weighted by Gasteiger charge is 2.06. The minimum atomic E-state index is -0.250. The summed E-state index contributed by atoms with van der Waals surface area (Å²) in [4.78, 5) is 20.2. The molecule has 0 fully saturated rings. The summed E-state index contributed by atoms with van der Waals surface area (Å²) >= 11 is 0. The Balaban J connectivity index is 0.000000437. The van der Waals surface area contributed by atoms with Gasteiger partial charge in [0.05, 0.1) is 0 Å². The topological polar surface area (TPSA) is 54.4 Å². The minimum absolute atomic E-state index is 0.0752. The average molecular weight is 228 g/mol. The zero-order chi connectivity index (χ0) is 12.5. The van der Waals surface area contributed by atoms with Crippen molar-refractivity contribution in [3.05, 3.63) is 71.8 Å². The van der Waals surface area contributed by atoms with Crippen LogP contribution < -0.4 is 0 Å². The molecule has 2 aromatic carbocycles. The van der Waals surface area contributed by atoms with Crippen molar-refractivity contribution in [1.29, 1.82) is 0 Å². The second-order valence-corrected chi connectivity index (χ2v) is 3.17. The fourth-order valence-electron chi connectivity index (χ4n) is 1.35. The molecular weight excluding hydrogens is 216 g/mol. The number of ketones is 1. The smallest absolute Gasteiger partial charge is 0.290 e. The van der Waals surface area contributed by atoms with Crippen LogP contribution in [-0.2, 0) is 4.79 Å². The number of carboxylic acid groups (broad SMARTS) is 1. The van der Waals surface area contributed by atoms with Crippen molar-refractivity contribution in [3.8, 4) is 0 Å². The highest BCUT2D eigenvalue weighted by molar-refractivity contribution is 6.08. The predicted molar refractivity (Wildman–Crippen MR) is 65.0 cm³/mol. The van der Waals surface area contributed by atoms with Crippen molar-refractivity contribution in [3.63, 3.8) is 0 Å². The SMILES string of the molecule is O=C(c1ccccc1)c1ccccc1.O=CO. The molecule has 17 heavy (non-hydrogen) atoms. The fraction of sp³-hybridized carbons (Fsp3) is 0. The predicted octanol–water partition coefficient (Wildman–Crippen LogP) is 2.62. The summed E-state index contributed by atoms with van der Waals surface area (Å²) in [6.45, 7) is -0.250. The second-order valence-electron chi connectivity index (χ2n) is 3.17. The van der Waals surface area contributed by atoms with Gasteiger partial charge in [-0.15, -0.1) is 0 Å². The lowest BCUT2D eigenvalue weighted by Crippen LogP contribution is -1.99. The maximum absolute atomic E-state index is 11.8. The van der Waals surface area contributed by atoms with Gasteiger partial charge in [-0.1, -0.05) is 60.7 Å². The summed E-state index contributed by atoms with van der Waals surface area (Å²) in [5.41, 5.74) is 1.47. The number of rotatable bonds is 2. The molecule has 0 amide bonds. The first-order valence-corrected chi connectivity index (χ1v) is 5.02. The van der Waals surface area contributed by atoms with E-state index in [-0.39, 0.29) is 12.3 Å². The molecule has 1 N–H and O–H groups in total. The third-order valence-corrected chi connectivity index (χ3v) is 2.07. The van der Waals surface area contributed by atoms with E-state index in [9.17, 15) is 4.79 Å². The Kier molecular flexibility index (Phi) is 5.17. The number of hydrogen-bond donors (Lipinski definition) is 1. The first kappa shape index (κ1) is 12.6. The molecular formula is C14H12O3. The third kappa shape index (κ3) is 3.91. The van der Waals surface area contributed by atoms with Crippen LogP contribution in [-0.4, -0.2) is 17.4 Å². The van der Waals surface area contributed by atoms with E-state index in [1.165, 1.54) is 0 Å². The van der Waals surface area contributed by atoms with Crippen molar-refractivity contribution >= 4 is 12.3 Å².